The average molecular weight is 452 g/mol. The predicted octanol–water partition coefficient (Wildman–Crippen LogP) is 2.32. The molecule has 33 heavy (non-hydrogen) atoms. The molecule has 0 saturated carbocycles. The molecule has 3 N–H and O–H groups in total. The van der Waals surface area contributed by atoms with Gasteiger partial charge in [0.1, 0.15) is 42.2 Å². The molecule has 7 nitrogen and oxygen atoms in total. The lowest BCUT2D eigenvalue weighted by atomic mass is 10.1. The molecule has 0 aliphatic carbocycles. The molecule has 0 saturated heterocycles. The molecule has 7 heteroatoms. The van der Waals surface area contributed by atoms with Crippen LogP contribution in [0.3, 0.4) is 0 Å². The highest BCUT2D eigenvalue weighted by molar-refractivity contribution is 5.69. The minimum atomic E-state index is -0.535. The fourth-order valence-corrected chi connectivity index (χ4v) is 4.79. The summed E-state index contributed by atoms with van der Waals surface area (Å²) >= 11 is 0. The first-order valence-electron chi connectivity index (χ1n) is 11.7. The molecule has 1 aliphatic rings. The van der Waals surface area contributed by atoms with E-state index in [2.05, 4.69) is 29.4 Å². The zero-order valence-corrected chi connectivity index (χ0v) is 20.0. The van der Waals surface area contributed by atoms with Gasteiger partial charge in [0.05, 0.1) is 24.9 Å². The van der Waals surface area contributed by atoms with Crippen LogP contribution in [-0.2, 0) is 20.0 Å². The number of ether oxygens (including phenoxy) is 1. The van der Waals surface area contributed by atoms with E-state index >= 15 is 0 Å². The Hall–Kier alpha value is -3.03. The van der Waals surface area contributed by atoms with Crippen LogP contribution in [0, 0.1) is 0 Å². The van der Waals surface area contributed by atoms with Crippen LogP contribution in [0.5, 0.6) is 11.5 Å². The maximum absolute atomic E-state index is 10.8. The number of hydrogen-bond donors (Lipinski definition) is 3. The maximum Gasteiger partial charge on any atom is 0.144 e. The van der Waals surface area contributed by atoms with Crippen molar-refractivity contribution in [1.29, 1.82) is 0 Å². The van der Waals surface area contributed by atoms with Crippen LogP contribution in [0.15, 0.2) is 42.5 Å². The van der Waals surface area contributed by atoms with Gasteiger partial charge in [0.25, 0.3) is 0 Å². The summed E-state index contributed by atoms with van der Waals surface area (Å²) in [6.45, 7) is 8.34. The predicted molar refractivity (Wildman–Crippen MR) is 130 cm³/mol. The van der Waals surface area contributed by atoms with E-state index in [-0.39, 0.29) is 5.75 Å². The summed E-state index contributed by atoms with van der Waals surface area (Å²) in [5, 5.41) is 21.5. The monoisotopic (exact) mass is 451 g/mol. The number of methoxy groups -OCH3 is 1. The van der Waals surface area contributed by atoms with Gasteiger partial charge in [-0.25, -0.2) is 4.98 Å². The number of imidazole rings is 1. The van der Waals surface area contributed by atoms with Gasteiger partial charge in [-0.3, -0.25) is 0 Å². The van der Waals surface area contributed by atoms with Crippen LogP contribution in [-0.4, -0.2) is 53.1 Å². The first kappa shape index (κ1) is 23.1. The number of aromatic hydroxyl groups is 1. The standard InChI is InChI=1S/C26H34N4O3/c1-5-30(6-2)19-9-12-21(24(31)15-19)26-27-22-16-29(14-13-23(22)28(26)3)17-25(32)18-7-10-20(33-4)11-8-18/h7-12,15,25,31-32H,5-6,13-14,16-17H2,1-4H3/p+1/t25-/m0/s1. The van der Waals surface area contributed by atoms with Crippen molar-refractivity contribution >= 4 is 5.69 Å². The van der Waals surface area contributed by atoms with Crippen molar-refractivity contribution in [2.24, 2.45) is 7.05 Å². The Kier molecular flexibility index (Phi) is 6.91. The highest BCUT2D eigenvalue weighted by Gasteiger charge is 2.28. The number of aliphatic hydroxyl groups excluding tert-OH is 1. The van der Waals surface area contributed by atoms with E-state index < -0.39 is 6.10 Å². The van der Waals surface area contributed by atoms with Crippen LogP contribution in [0.4, 0.5) is 5.69 Å². The number of fused-ring (bicyclic) bond motifs is 1. The van der Waals surface area contributed by atoms with E-state index in [1.165, 1.54) is 10.6 Å². The molecule has 2 atom stereocenters. The quantitative estimate of drug-likeness (QED) is 0.490. The third-order valence-corrected chi connectivity index (χ3v) is 6.76. The van der Waals surface area contributed by atoms with Crippen molar-refractivity contribution in [3.63, 3.8) is 0 Å². The summed E-state index contributed by atoms with van der Waals surface area (Å²) < 4.78 is 7.32. The smallest absolute Gasteiger partial charge is 0.144 e. The molecule has 2 heterocycles. The average Bonchev–Trinajstić information content (AvgIpc) is 3.15. The third-order valence-electron chi connectivity index (χ3n) is 6.76. The highest BCUT2D eigenvalue weighted by atomic mass is 16.5. The van der Waals surface area contributed by atoms with Gasteiger partial charge in [0.2, 0.25) is 0 Å². The van der Waals surface area contributed by atoms with Crippen molar-refractivity contribution in [2.45, 2.75) is 32.9 Å². The first-order chi connectivity index (χ1) is 15.9. The van der Waals surface area contributed by atoms with E-state index in [1.807, 2.05) is 43.4 Å². The van der Waals surface area contributed by atoms with Crippen molar-refractivity contribution in [3.8, 4) is 22.9 Å². The van der Waals surface area contributed by atoms with Crippen molar-refractivity contribution in [1.82, 2.24) is 9.55 Å². The maximum atomic E-state index is 10.8. The number of benzene rings is 2. The van der Waals surface area contributed by atoms with Crippen molar-refractivity contribution < 1.29 is 19.8 Å². The number of quaternary nitrogens is 1. The second kappa shape index (κ2) is 9.85. The van der Waals surface area contributed by atoms with E-state index in [1.54, 1.807) is 7.11 Å². The Morgan fingerprint density at radius 1 is 1.15 bits per heavy atom. The van der Waals surface area contributed by atoms with E-state index in [4.69, 9.17) is 9.72 Å². The molecule has 2 aromatic carbocycles. The molecule has 1 aliphatic heterocycles. The molecular formula is C26H35N4O3+. The highest BCUT2D eigenvalue weighted by Crippen LogP contribution is 2.33. The van der Waals surface area contributed by atoms with E-state index in [0.29, 0.717) is 6.54 Å². The topological polar surface area (TPSA) is 75.2 Å². The van der Waals surface area contributed by atoms with Gasteiger partial charge in [0, 0.05) is 38.3 Å². The summed E-state index contributed by atoms with van der Waals surface area (Å²) in [5.41, 5.74) is 4.92. The zero-order chi connectivity index (χ0) is 23.5. The molecule has 1 unspecified atom stereocenters. The Balaban J connectivity index is 1.51. The first-order valence-corrected chi connectivity index (χ1v) is 11.7. The minimum Gasteiger partial charge on any atom is -0.507 e. The SMILES string of the molecule is CCN(CC)c1ccc(-c2nc3c(n2C)CC[NH+](C[C@H](O)c2ccc(OC)cc2)C3)c(O)c1. The van der Waals surface area contributed by atoms with Gasteiger partial charge in [-0.2, -0.15) is 0 Å². The lowest BCUT2D eigenvalue weighted by molar-refractivity contribution is -0.920. The molecule has 0 amide bonds. The molecule has 3 aromatic rings. The van der Waals surface area contributed by atoms with Gasteiger partial charge in [-0.1, -0.05) is 12.1 Å². The van der Waals surface area contributed by atoms with E-state index in [9.17, 15) is 10.2 Å². The Bertz CT molecular complexity index is 1090. The number of aliphatic hydroxyl groups is 1. The third kappa shape index (κ3) is 4.70. The Labute approximate surface area is 195 Å². The molecule has 0 radical (unpaired) electrons. The van der Waals surface area contributed by atoms with Crippen molar-refractivity contribution in [3.05, 3.63) is 59.4 Å². The summed E-state index contributed by atoms with van der Waals surface area (Å²) in [5.74, 6) is 1.83. The number of nitrogens with one attached hydrogen (secondary N) is 1. The fourth-order valence-electron chi connectivity index (χ4n) is 4.79. The molecule has 0 fully saturated rings. The van der Waals surface area contributed by atoms with Crippen molar-refractivity contribution in [2.75, 3.05) is 38.2 Å². The Morgan fingerprint density at radius 3 is 2.52 bits per heavy atom. The number of phenolic OH excluding ortho intramolecular Hbond substituents is 1. The van der Waals surface area contributed by atoms with Gasteiger partial charge >= 0.3 is 0 Å². The molecule has 4 rings (SSSR count). The van der Waals surface area contributed by atoms with Crippen LogP contribution >= 0.6 is 0 Å². The largest absolute Gasteiger partial charge is 0.507 e. The number of hydrogen-bond acceptors (Lipinski definition) is 5. The summed E-state index contributed by atoms with van der Waals surface area (Å²) in [6.07, 6.45) is 0.356. The molecule has 0 bridgehead atoms. The number of nitrogens with zero attached hydrogens (tertiary/aromatic N) is 3. The molecule has 1 aromatic heterocycles. The summed E-state index contributed by atoms with van der Waals surface area (Å²) in [6, 6.07) is 13.5. The van der Waals surface area contributed by atoms with Gasteiger partial charge in [-0.05, 0) is 43.7 Å². The minimum absolute atomic E-state index is 0.254. The normalized spacial score (nSPS) is 16.3. The van der Waals surface area contributed by atoms with Crippen LogP contribution in [0.1, 0.15) is 36.9 Å². The van der Waals surface area contributed by atoms with Crippen LogP contribution < -0.4 is 14.5 Å². The van der Waals surface area contributed by atoms with Crippen LogP contribution in [0.25, 0.3) is 11.4 Å². The second-order valence-corrected chi connectivity index (χ2v) is 8.68. The zero-order valence-electron chi connectivity index (χ0n) is 20.0. The lowest BCUT2D eigenvalue weighted by Crippen LogP contribution is -3.12. The van der Waals surface area contributed by atoms with Gasteiger partial charge in [0.15, 0.2) is 0 Å². The second-order valence-electron chi connectivity index (χ2n) is 8.68. The van der Waals surface area contributed by atoms with Gasteiger partial charge in [-0.15, -0.1) is 0 Å². The fraction of sp³-hybridized carbons (Fsp3) is 0.423. The number of rotatable bonds is 8. The number of phenols is 1. The van der Waals surface area contributed by atoms with Gasteiger partial charge < -0.3 is 29.3 Å². The van der Waals surface area contributed by atoms with E-state index in [0.717, 1.165) is 66.7 Å². The lowest BCUT2D eigenvalue weighted by Gasteiger charge is -2.26. The summed E-state index contributed by atoms with van der Waals surface area (Å²) in [7, 11) is 3.66. The molecule has 0 spiro atoms. The molecule has 176 valence electrons. The summed E-state index contributed by atoms with van der Waals surface area (Å²) in [4.78, 5) is 8.43. The number of aromatic nitrogens is 2. The Morgan fingerprint density at radius 2 is 1.88 bits per heavy atom. The number of anilines is 1. The van der Waals surface area contributed by atoms with Crippen LogP contribution in [0.2, 0.25) is 0 Å². The molecular weight excluding hydrogens is 416 g/mol.